The Morgan fingerprint density at radius 1 is 0.903 bits per heavy atom. The molecule has 0 radical (unpaired) electrons. The molecule has 158 valence electrons. The van der Waals surface area contributed by atoms with Crippen LogP contribution < -0.4 is 5.32 Å². The summed E-state index contributed by atoms with van der Waals surface area (Å²) in [5.41, 5.74) is 1.42. The number of amides is 2. The monoisotopic (exact) mass is 418 g/mol. The molecule has 1 N–H and O–H groups in total. The van der Waals surface area contributed by atoms with Crippen LogP contribution in [0.5, 0.6) is 0 Å². The fraction of sp³-hybridized carbons (Fsp3) is 0.208. The van der Waals surface area contributed by atoms with Crippen LogP contribution in [0.1, 0.15) is 45.4 Å². The molecule has 7 heteroatoms. The number of carbonyl (C=O) groups is 3. The van der Waals surface area contributed by atoms with Crippen LogP contribution in [0.4, 0.5) is 5.69 Å². The fourth-order valence-corrected chi connectivity index (χ4v) is 3.46. The van der Waals surface area contributed by atoms with Gasteiger partial charge in [0.15, 0.2) is 5.76 Å². The van der Waals surface area contributed by atoms with Gasteiger partial charge in [0.2, 0.25) is 6.10 Å². The summed E-state index contributed by atoms with van der Waals surface area (Å²) in [6.45, 7) is 1.34. The topological polar surface area (TPSA) is 88.9 Å². The van der Waals surface area contributed by atoms with Gasteiger partial charge in [0.1, 0.15) is 0 Å². The predicted octanol–water partition coefficient (Wildman–Crippen LogP) is 4.05. The van der Waals surface area contributed by atoms with Gasteiger partial charge in [-0.25, -0.2) is 4.79 Å². The molecular formula is C24H22N2O5. The van der Waals surface area contributed by atoms with E-state index in [0.717, 1.165) is 12.8 Å². The Morgan fingerprint density at radius 3 is 2.26 bits per heavy atom. The van der Waals surface area contributed by atoms with E-state index in [1.54, 1.807) is 53.4 Å². The maximum atomic E-state index is 13.0. The number of hydrogen-bond donors (Lipinski definition) is 1. The second-order valence-electron chi connectivity index (χ2n) is 7.24. The Kier molecular flexibility index (Phi) is 6.12. The quantitative estimate of drug-likeness (QED) is 0.610. The van der Waals surface area contributed by atoms with Gasteiger partial charge in [-0.3, -0.25) is 9.59 Å². The number of esters is 1. The normalized spacial score (nSPS) is 14.1. The van der Waals surface area contributed by atoms with E-state index >= 15 is 0 Å². The number of carbonyl (C=O) groups excluding carboxylic acids is 3. The van der Waals surface area contributed by atoms with Crippen LogP contribution in [0.15, 0.2) is 77.4 Å². The van der Waals surface area contributed by atoms with Gasteiger partial charge in [-0.2, -0.15) is 0 Å². The summed E-state index contributed by atoms with van der Waals surface area (Å²) < 4.78 is 10.7. The van der Waals surface area contributed by atoms with Gasteiger partial charge < -0.3 is 19.4 Å². The van der Waals surface area contributed by atoms with Crippen molar-refractivity contribution in [1.29, 1.82) is 0 Å². The van der Waals surface area contributed by atoms with Crippen molar-refractivity contribution < 1.29 is 23.5 Å². The Morgan fingerprint density at radius 2 is 1.61 bits per heavy atom. The van der Waals surface area contributed by atoms with Gasteiger partial charge in [-0.15, -0.1) is 0 Å². The Balaban J connectivity index is 1.46. The van der Waals surface area contributed by atoms with E-state index in [4.69, 9.17) is 9.15 Å². The van der Waals surface area contributed by atoms with E-state index in [0.29, 0.717) is 24.3 Å². The van der Waals surface area contributed by atoms with Crippen molar-refractivity contribution in [3.05, 3.63) is 89.9 Å². The first kappa shape index (κ1) is 20.4. The van der Waals surface area contributed by atoms with Crippen LogP contribution in [0.2, 0.25) is 0 Å². The standard InChI is InChI=1S/C24H22N2O5/c27-22(20-9-6-16-30-20)25-19-12-10-18(11-13-19)24(29)31-21(17-7-2-1-3-8-17)23(28)26-14-4-5-15-26/h1-3,6-13,16,21H,4-5,14-15H2,(H,25,27)/t21-/m1/s1. The van der Waals surface area contributed by atoms with Crippen LogP contribution in [0.25, 0.3) is 0 Å². The van der Waals surface area contributed by atoms with Crippen LogP contribution >= 0.6 is 0 Å². The van der Waals surface area contributed by atoms with E-state index in [1.165, 1.54) is 6.26 Å². The molecule has 2 aromatic carbocycles. The number of ether oxygens (including phenoxy) is 1. The van der Waals surface area contributed by atoms with Crippen LogP contribution in [0.3, 0.4) is 0 Å². The van der Waals surface area contributed by atoms with Gasteiger partial charge in [0, 0.05) is 24.3 Å². The molecule has 1 atom stereocenters. The molecule has 2 heterocycles. The minimum Gasteiger partial charge on any atom is -0.459 e. The molecule has 0 bridgehead atoms. The summed E-state index contributed by atoms with van der Waals surface area (Å²) in [6, 6.07) is 18.5. The van der Waals surface area contributed by atoms with Gasteiger partial charge in [-0.1, -0.05) is 30.3 Å². The number of hydrogen-bond acceptors (Lipinski definition) is 5. The van der Waals surface area contributed by atoms with Gasteiger partial charge in [0.05, 0.1) is 11.8 Å². The lowest BCUT2D eigenvalue weighted by molar-refractivity contribution is -0.140. The number of nitrogens with zero attached hydrogens (tertiary/aromatic N) is 1. The maximum absolute atomic E-state index is 13.0. The lowest BCUT2D eigenvalue weighted by atomic mass is 10.1. The zero-order valence-electron chi connectivity index (χ0n) is 16.8. The van der Waals surface area contributed by atoms with Crippen molar-refractivity contribution in [2.45, 2.75) is 18.9 Å². The molecule has 0 saturated carbocycles. The molecule has 2 amide bonds. The first-order valence-electron chi connectivity index (χ1n) is 10.1. The first-order valence-corrected chi connectivity index (χ1v) is 10.1. The SMILES string of the molecule is O=C(O[C@@H](C(=O)N1CCCC1)c1ccccc1)c1ccc(NC(=O)c2ccco2)cc1. The molecule has 1 aliphatic heterocycles. The molecule has 0 aliphatic carbocycles. The van der Waals surface area contributed by atoms with Crippen molar-refractivity contribution in [1.82, 2.24) is 4.90 Å². The van der Waals surface area contributed by atoms with E-state index in [2.05, 4.69) is 5.32 Å². The van der Waals surface area contributed by atoms with Gasteiger partial charge in [0.25, 0.3) is 11.8 Å². The molecule has 3 aromatic rings. The van der Waals surface area contributed by atoms with Crippen molar-refractivity contribution in [2.75, 3.05) is 18.4 Å². The summed E-state index contributed by atoms with van der Waals surface area (Å²) in [4.78, 5) is 39.6. The Hall–Kier alpha value is -3.87. The third-order valence-corrected chi connectivity index (χ3v) is 5.09. The number of furan rings is 1. The molecule has 4 rings (SSSR count). The molecule has 1 aliphatic rings. The average molecular weight is 418 g/mol. The fourth-order valence-electron chi connectivity index (χ4n) is 3.46. The van der Waals surface area contributed by atoms with Crippen molar-refractivity contribution in [3.8, 4) is 0 Å². The van der Waals surface area contributed by atoms with E-state index in [-0.39, 0.29) is 23.1 Å². The lowest BCUT2D eigenvalue weighted by Crippen LogP contribution is -2.34. The number of anilines is 1. The number of benzene rings is 2. The van der Waals surface area contributed by atoms with E-state index in [1.807, 2.05) is 18.2 Å². The summed E-state index contributed by atoms with van der Waals surface area (Å²) >= 11 is 0. The first-order chi connectivity index (χ1) is 15.1. The highest BCUT2D eigenvalue weighted by atomic mass is 16.5. The molecular weight excluding hydrogens is 396 g/mol. The molecule has 0 unspecified atom stereocenters. The van der Waals surface area contributed by atoms with Crippen molar-refractivity contribution >= 4 is 23.5 Å². The molecule has 1 aromatic heterocycles. The Labute approximate surface area is 179 Å². The number of likely N-dealkylation sites (tertiary alicyclic amines) is 1. The summed E-state index contributed by atoms with van der Waals surface area (Å²) in [5, 5.41) is 2.69. The summed E-state index contributed by atoms with van der Waals surface area (Å²) in [5.74, 6) is -1.01. The van der Waals surface area contributed by atoms with Crippen LogP contribution in [0, 0.1) is 0 Å². The zero-order chi connectivity index (χ0) is 21.6. The predicted molar refractivity (Wildman–Crippen MR) is 114 cm³/mol. The summed E-state index contributed by atoms with van der Waals surface area (Å²) in [6.07, 6.45) is 2.32. The number of rotatable bonds is 6. The summed E-state index contributed by atoms with van der Waals surface area (Å²) in [7, 11) is 0. The number of nitrogens with one attached hydrogen (secondary N) is 1. The average Bonchev–Trinajstić information content (AvgIpc) is 3.52. The van der Waals surface area contributed by atoms with Gasteiger partial charge in [-0.05, 0) is 49.2 Å². The highest BCUT2D eigenvalue weighted by Crippen LogP contribution is 2.24. The molecule has 1 saturated heterocycles. The minimum atomic E-state index is -0.995. The molecule has 31 heavy (non-hydrogen) atoms. The maximum Gasteiger partial charge on any atom is 0.339 e. The molecule has 0 spiro atoms. The zero-order valence-corrected chi connectivity index (χ0v) is 16.8. The minimum absolute atomic E-state index is 0.189. The Bertz CT molecular complexity index is 1040. The lowest BCUT2D eigenvalue weighted by Gasteiger charge is -2.23. The van der Waals surface area contributed by atoms with E-state index in [9.17, 15) is 14.4 Å². The molecule has 1 fully saturated rings. The van der Waals surface area contributed by atoms with Gasteiger partial charge >= 0.3 is 5.97 Å². The van der Waals surface area contributed by atoms with Crippen molar-refractivity contribution in [3.63, 3.8) is 0 Å². The van der Waals surface area contributed by atoms with E-state index < -0.39 is 12.1 Å². The second-order valence-corrected chi connectivity index (χ2v) is 7.24. The third-order valence-electron chi connectivity index (χ3n) is 5.09. The highest BCUT2D eigenvalue weighted by molar-refractivity contribution is 6.02. The second kappa shape index (κ2) is 9.30. The largest absolute Gasteiger partial charge is 0.459 e. The van der Waals surface area contributed by atoms with Crippen molar-refractivity contribution in [2.24, 2.45) is 0 Å². The smallest absolute Gasteiger partial charge is 0.339 e. The molecule has 7 nitrogen and oxygen atoms in total. The van der Waals surface area contributed by atoms with Crippen LogP contribution in [-0.2, 0) is 9.53 Å². The highest BCUT2D eigenvalue weighted by Gasteiger charge is 2.31. The van der Waals surface area contributed by atoms with Crippen LogP contribution in [-0.4, -0.2) is 35.8 Å². The third kappa shape index (κ3) is 4.83.